The van der Waals surface area contributed by atoms with E-state index in [4.69, 9.17) is 0 Å². The third kappa shape index (κ3) is 6.61. The van der Waals surface area contributed by atoms with E-state index < -0.39 is 0 Å². The van der Waals surface area contributed by atoms with E-state index in [9.17, 15) is 9.59 Å². The molecule has 0 atom stereocenters. The number of anilines is 1. The van der Waals surface area contributed by atoms with Gasteiger partial charge in [-0.3, -0.25) is 9.59 Å². The second kappa shape index (κ2) is 11.0. The molecule has 0 aliphatic carbocycles. The predicted molar refractivity (Wildman–Crippen MR) is 116 cm³/mol. The number of hydrogen-bond acceptors (Lipinski definition) is 6. The first-order valence-electron chi connectivity index (χ1n) is 10.4. The molecule has 3 rings (SSSR count). The molecule has 7 nitrogen and oxygen atoms in total. The number of nitrogens with one attached hydrogen (secondary N) is 2. The van der Waals surface area contributed by atoms with E-state index in [2.05, 4.69) is 25.7 Å². The monoisotopic (exact) mass is 415 g/mol. The van der Waals surface area contributed by atoms with Gasteiger partial charge in [0.15, 0.2) is 0 Å². The Hall–Kier alpha value is -2.32. The maximum absolute atomic E-state index is 12.3. The number of benzene rings is 1. The Bertz CT molecular complexity index is 798. The second-order valence-corrected chi connectivity index (χ2v) is 8.31. The van der Waals surface area contributed by atoms with Gasteiger partial charge in [-0.25, -0.2) is 0 Å². The van der Waals surface area contributed by atoms with Crippen LogP contribution in [-0.4, -0.2) is 53.1 Å². The molecule has 1 aromatic carbocycles. The fraction of sp³-hybridized carbons (Fsp3) is 0.524. The first-order chi connectivity index (χ1) is 14.2. The molecule has 0 saturated carbocycles. The maximum Gasteiger partial charge on any atom is 0.286 e. The Balaban J connectivity index is 1.41. The highest BCUT2D eigenvalue weighted by atomic mass is 32.1. The van der Waals surface area contributed by atoms with Gasteiger partial charge in [-0.2, -0.15) is 0 Å². The Morgan fingerprint density at radius 3 is 2.41 bits per heavy atom. The molecule has 1 aromatic heterocycles. The fourth-order valence-electron chi connectivity index (χ4n) is 3.34. The van der Waals surface area contributed by atoms with Crippen molar-refractivity contribution in [2.75, 3.05) is 31.5 Å². The lowest BCUT2D eigenvalue weighted by Crippen LogP contribution is -2.30. The van der Waals surface area contributed by atoms with Gasteiger partial charge in [0.05, 0.1) is 0 Å². The minimum absolute atomic E-state index is 0.0875. The Kier molecular flexibility index (Phi) is 8.13. The summed E-state index contributed by atoms with van der Waals surface area (Å²) in [4.78, 5) is 27.0. The third-order valence-corrected chi connectivity index (χ3v) is 6.07. The van der Waals surface area contributed by atoms with Crippen LogP contribution in [0.4, 0.5) is 5.69 Å². The van der Waals surface area contributed by atoms with E-state index in [0.29, 0.717) is 22.8 Å². The standard InChI is InChI=1S/C21H29N5O2S/c1-2-18-24-25-21(29-18)20(28)23-17-10-8-16(9-11-17)19(27)22-12-7-15-26-13-5-3-4-6-14-26/h8-11H,2-7,12-15H2,1H3,(H,22,27)(H,23,28). The number of hydrogen-bond donors (Lipinski definition) is 2. The van der Waals surface area contributed by atoms with E-state index in [0.717, 1.165) is 24.4 Å². The zero-order valence-corrected chi connectivity index (χ0v) is 17.8. The van der Waals surface area contributed by atoms with Gasteiger partial charge in [0.25, 0.3) is 11.8 Å². The smallest absolute Gasteiger partial charge is 0.286 e. The van der Waals surface area contributed by atoms with Crippen LogP contribution in [0.3, 0.4) is 0 Å². The average Bonchev–Trinajstić information content (AvgIpc) is 3.08. The third-order valence-electron chi connectivity index (χ3n) is 5.00. The lowest BCUT2D eigenvalue weighted by atomic mass is 10.2. The molecule has 0 radical (unpaired) electrons. The number of carbonyl (C=O) groups is 2. The Labute approximate surface area is 175 Å². The molecule has 2 aromatic rings. The number of likely N-dealkylation sites (tertiary alicyclic amines) is 1. The van der Waals surface area contributed by atoms with Gasteiger partial charge in [-0.15, -0.1) is 10.2 Å². The molecule has 2 N–H and O–H groups in total. The average molecular weight is 416 g/mol. The molecule has 156 valence electrons. The molecule has 0 bridgehead atoms. The number of amides is 2. The Morgan fingerprint density at radius 1 is 1.03 bits per heavy atom. The number of aromatic nitrogens is 2. The van der Waals surface area contributed by atoms with Crippen LogP contribution in [0.1, 0.15) is 64.2 Å². The highest BCUT2D eigenvalue weighted by molar-refractivity contribution is 7.13. The molecule has 1 aliphatic rings. The summed E-state index contributed by atoms with van der Waals surface area (Å²) in [7, 11) is 0. The van der Waals surface area contributed by atoms with Gasteiger partial charge in [-0.05, 0) is 69.6 Å². The highest BCUT2D eigenvalue weighted by Crippen LogP contribution is 2.15. The Morgan fingerprint density at radius 2 is 1.76 bits per heavy atom. The van der Waals surface area contributed by atoms with Crippen LogP contribution < -0.4 is 10.6 Å². The van der Waals surface area contributed by atoms with Crippen molar-refractivity contribution < 1.29 is 9.59 Å². The van der Waals surface area contributed by atoms with Crippen LogP contribution in [0.15, 0.2) is 24.3 Å². The van der Waals surface area contributed by atoms with Crippen LogP contribution in [0.5, 0.6) is 0 Å². The summed E-state index contributed by atoms with van der Waals surface area (Å²) in [6, 6.07) is 6.90. The minimum Gasteiger partial charge on any atom is -0.352 e. The maximum atomic E-state index is 12.3. The van der Waals surface area contributed by atoms with E-state index in [1.807, 2.05) is 6.92 Å². The SMILES string of the molecule is CCc1nnc(C(=O)Nc2ccc(C(=O)NCCCN3CCCCCC3)cc2)s1. The van der Waals surface area contributed by atoms with Crippen LogP contribution in [-0.2, 0) is 6.42 Å². The molecule has 1 fully saturated rings. The molecule has 8 heteroatoms. The van der Waals surface area contributed by atoms with Crippen LogP contribution in [0, 0.1) is 0 Å². The lowest BCUT2D eigenvalue weighted by molar-refractivity contribution is 0.0951. The number of nitrogens with zero attached hydrogens (tertiary/aromatic N) is 3. The summed E-state index contributed by atoms with van der Waals surface area (Å²) >= 11 is 1.29. The van der Waals surface area contributed by atoms with Gasteiger partial charge in [0.1, 0.15) is 5.01 Å². The summed E-state index contributed by atoms with van der Waals surface area (Å²) in [6.07, 6.45) is 6.96. The van der Waals surface area contributed by atoms with Crippen molar-refractivity contribution >= 4 is 28.8 Å². The van der Waals surface area contributed by atoms with Crippen molar-refractivity contribution in [2.24, 2.45) is 0 Å². The van der Waals surface area contributed by atoms with Gasteiger partial charge in [-0.1, -0.05) is 31.1 Å². The normalized spacial score (nSPS) is 14.9. The molecule has 29 heavy (non-hydrogen) atoms. The van der Waals surface area contributed by atoms with E-state index >= 15 is 0 Å². The van der Waals surface area contributed by atoms with E-state index in [1.54, 1.807) is 24.3 Å². The molecule has 2 heterocycles. The summed E-state index contributed by atoms with van der Waals surface area (Å²) in [5, 5.41) is 14.8. The second-order valence-electron chi connectivity index (χ2n) is 7.25. The zero-order chi connectivity index (χ0) is 20.5. The van der Waals surface area contributed by atoms with Crippen molar-refractivity contribution in [3.63, 3.8) is 0 Å². The molecular weight excluding hydrogens is 386 g/mol. The number of aryl methyl sites for hydroxylation is 1. The van der Waals surface area contributed by atoms with Crippen molar-refractivity contribution in [3.05, 3.63) is 39.8 Å². The highest BCUT2D eigenvalue weighted by Gasteiger charge is 2.13. The quantitative estimate of drug-likeness (QED) is 0.646. The molecule has 1 saturated heterocycles. The fourth-order valence-corrected chi connectivity index (χ4v) is 4.02. The summed E-state index contributed by atoms with van der Waals surface area (Å²) in [6.45, 7) is 6.04. The molecule has 1 aliphatic heterocycles. The topological polar surface area (TPSA) is 87.2 Å². The van der Waals surface area contributed by atoms with E-state index in [1.165, 1.54) is 50.1 Å². The summed E-state index contributed by atoms with van der Waals surface area (Å²) < 4.78 is 0. The molecule has 0 spiro atoms. The first kappa shape index (κ1) is 21.4. The largest absolute Gasteiger partial charge is 0.352 e. The van der Waals surface area contributed by atoms with Crippen LogP contribution in [0.2, 0.25) is 0 Å². The van der Waals surface area contributed by atoms with Crippen molar-refractivity contribution in [2.45, 2.75) is 45.4 Å². The minimum atomic E-state index is -0.284. The van der Waals surface area contributed by atoms with Gasteiger partial charge >= 0.3 is 0 Å². The summed E-state index contributed by atoms with van der Waals surface area (Å²) in [5.74, 6) is -0.372. The molecule has 0 unspecified atom stereocenters. The van der Waals surface area contributed by atoms with Crippen molar-refractivity contribution in [3.8, 4) is 0 Å². The van der Waals surface area contributed by atoms with Crippen molar-refractivity contribution in [1.29, 1.82) is 0 Å². The van der Waals surface area contributed by atoms with Gasteiger partial charge < -0.3 is 15.5 Å². The molecule has 2 amide bonds. The number of carbonyl (C=O) groups excluding carboxylic acids is 2. The zero-order valence-electron chi connectivity index (χ0n) is 16.9. The predicted octanol–water partition coefficient (Wildman–Crippen LogP) is 3.35. The summed E-state index contributed by atoms with van der Waals surface area (Å²) in [5.41, 5.74) is 1.21. The lowest BCUT2D eigenvalue weighted by Gasteiger charge is -2.19. The molecular formula is C21H29N5O2S. The van der Waals surface area contributed by atoms with Gasteiger partial charge in [0.2, 0.25) is 5.01 Å². The van der Waals surface area contributed by atoms with Crippen molar-refractivity contribution in [1.82, 2.24) is 20.4 Å². The number of rotatable bonds is 8. The van der Waals surface area contributed by atoms with Crippen LogP contribution >= 0.6 is 11.3 Å². The first-order valence-corrected chi connectivity index (χ1v) is 11.2. The van der Waals surface area contributed by atoms with Gasteiger partial charge in [0, 0.05) is 17.8 Å². The van der Waals surface area contributed by atoms with Crippen LogP contribution in [0.25, 0.3) is 0 Å². The van der Waals surface area contributed by atoms with E-state index in [-0.39, 0.29) is 11.8 Å².